The fourth-order valence-electron chi connectivity index (χ4n) is 1.10. The molecule has 16 heavy (non-hydrogen) atoms. The average Bonchev–Trinajstić information content (AvgIpc) is 2.26. The van der Waals surface area contributed by atoms with E-state index < -0.39 is 11.8 Å². The monoisotopic (exact) mass is 244 g/mol. The molecule has 0 aliphatic heterocycles. The number of ether oxygens (including phenoxy) is 1. The summed E-state index contributed by atoms with van der Waals surface area (Å²) < 4.78 is 18.4. The van der Waals surface area contributed by atoms with Gasteiger partial charge in [0.1, 0.15) is 5.82 Å². The van der Waals surface area contributed by atoms with Crippen molar-refractivity contribution in [2.24, 2.45) is 0 Å². The van der Waals surface area contributed by atoms with Crippen molar-refractivity contribution >= 4 is 17.7 Å². The molecular weight excluding hydrogens is 231 g/mol. The highest BCUT2D eigenvalue weighted by molar-refractivity contribution is 7.99. The number of carbonyl (C=O) groups is 1. The fourth-order valence-corrected chi connectivity index (χ4v) is 1.94. The second kappa shape index (κ2) is 6.50. The Morgan fingerprint density at radius 3 is 2.94 bits per heavy atom. The summed E-state index contributed by atoms with van der Waals surface area (Å²) >= 11 is 1.26. The number of halogens is 1. The lowest BCUT2D eigenvalue weighted by Crippen LogP contribution is -1.99. The van der Waals surface area contributed by atoms with Crippen molar-refractivity contribution in [1.29, 1.82) is 0 Å². The second-order valence-corrected chi connectivity index (χ2v) is 4.13. The number of hydrogen-bond donors (Lipinski definition) is 1. The van der Waals surface area contributed by atoms with E-state index in [4.69, 9.17) is 9.84 Å². The van der Waals surface area contributed by atoms with Crippen molar-refractivity contribution in [1.82, 2.24) is 0 Å². The minimum absolute atomic E-state index is 0.0975. The third-order valence-electron chi connectivity index (χ3n) is 1.87. The Hall–Kier alpha value is -1.07. The van der Waals surface area contributed by atoms with Gasteiger partial charge >= 0.3 is 5.97 Å². The third kappa shape index (κ3) is 3.83. The van der Waals surface area contributed by atoms with Crippen LogP contribution in [-0.2, 0) is 4.74 Å². The van der Waals surface area contributed by atoms with Gasteiger partial charge in [0, 0.05) is 17.3 Å². The molecule has 88 valence electrons. The van der Waals surface area contributed by atoms with Crippen LogP contribution < -0.4 is 0 Å². The number of hydrogen-bond acceptors (Lipinski definition) is 3. The number of rotatable bonds is 6. The second-order valence-electron chi connectivity index (χ2n) is 3.00. The molecule has 0 unspecified atom stereocenters. The topological polar surface area (TPSA) is 46.5 Å². The van der Waals surface area contributed by atoms with Crippen molar-refractivity contribution < 1.29 is 19.0 Å². The number of carboxylic acid groups (broad SMARTS) is 1. The van der Waals surface area contributed by atoms with Gasteiger partial charge in [0.15, 0.2) is 0 Å². The molecule has 0 aliphatic carbocycles. The minimum Gasteiger partial charge on any atom is -0.478 e. The van der Waals surface area contributed by atoms with Gasteiger partial charge in [-0.15, -0.1) is 11.8 Å². The van der Waals surface area contributed by atoms with E-state index in [1.807, 2.05) is 6.92 Å². The molecule has 0 atom stereocenters. The van der Waals surface area contributed by atoms with Gasteiger partial charge < -0.3 is 9.84 Å². The van der Waals surface area contributed by atoms with Crippen molar-refractivity contribution in [3.63, 3.8) is 0 Å². The lowest BCUT2D eigenvalue weighted by Gasteiger charge is -2.04. The van der Waals surface area contributed by atoms with Crippen molar-refractivity contribution in [3.8, 4) is 0 Å². The van der Waals surface area contributed by atoms with Gasteiger partial charge in [-0.05, 0) is 25.1 Å². The predicted molar refractivity (Wildman–Crippen MR) is 60.6 cm³/mol. The Kier molecular flexibility index (Phi) is 5.28. The van der Waals surface area contributed by atoms with Crippen LogP contribution in [0.1, 0.15) is 17.3 Å². The summed E-state index contributed by atoms with van der Waals surface area (Å²) in [5, 5.41) is 8.75. The molecule has 0 aliphatic rings. The maximum Gasteiger partial charge on any atom is 0.335 e. The Labute approximate surface area is 97.6 Å². The van der Waals surface area contributed by atoms with Crippen LogP contribution in [0.5, 0.6) is 0 Å². The van der Waals surface area contributed by atoms with Crippen LogP contribution in [0.3, 0.4) is 0 Å². The molecule has 0 saturated heterocycles. The van der Waals surface area contributed by atoms with Crippen LogP contribution in [-0.4, -0.2) is 30.0 Å². The maximum atomic E-state index is 13.3. The van der Waals surface area contributed by atoms with Gasteiger partial charge in [-0.1, -0.05) is 0 Å². The molecule has 1 aromatic rings. The van der Waals surface area contributed by atoms with Crippen molar-refractivity contribution in [2.75, 3.05) is 19.0 Å². The first-order valence-electron chi connectivity index (χ1n) is 4.88. The molecule has 0 radical (unpaired) electrons. The molecular formula is C11H13FO3S. The SMILES string of the molecule is CCOCCSc1cc(C(=O)O)ccc1F. The van der Waals surface area contributed by atoms with E-state index in [1.54, 1.807) is 0 Å². The number of carboxylic acids is 1. The van der Waals surface area contributed by atoms with Crippen molar-refractivity contribution in [2.45, 2.75) is 11.8 Å². The van der Waals surface area contributed by atoms with E-state index >= 15 is 0 Å². The summed E-state index contributed by atoms with van der Waals surface area (Å²) in [4.78, 5) is 11.0. The smallest absolute Gasteiger partial charge is 0.335 e. The highest BCUT2D eigenvalue weighted by atomic mass is 32.2. The van der Waals surface area contributed by atoms with E-state index in [0.717, 1.165) is 0 Å². The molecule has 0 bridgehead atoms. The van der Waals surface area contributed by atoms with Crippen LogP contribution in [0.2, 0.25) is 0 Å². The largest absolute Gasteiger partial charge is 0.478 e. The molecule has 0 heterocycles. The zero-order valence-electron chi connectivity index (χ0n) is 8.90. The molecule has 0 saturated carbocycles. The molecule has 0 spiro atoms. The minimum atomic E-state index is -1.05. The summed E-state index contributed by atoms with van der Waals surface area (Å²) in [6.45, 7) is 3.03. The van der Waals surface area contributed by atoms with E-state index in [0.29, 0.717) is 23.9 Å². The van der Waals surface area contributed by atoms with E-state index in [1.165, 1.54) is 30.0 Å². The van der Waals surface area contributed by atoms with E-state index in [-0.39, 0.29) is 5.56 Å². The lowest BCUT2D eigenvalue weighted by molar-refractivity contribution is 0.0696. The first-order chi connectivity index (χ1) is 7.65. The van der Waals surface area contributed by atoms with Crippen molar-refractivity contribution in [3.05, 3.63) is 29.6 Å². The zero-order valence-corrected chi connectivity index (χ0v) is 9.72. The Morgan fingerprint density at radius 1 is 1.56 bits per heavy atom. The molecule has 0 fully saturated rings. The first-order valence-corrected chi connectivity index (χ1v) is 5.87. The summed E-state index contributed by atoms with van der Waals surface area (Å²) in [5.41, 5.74) is 0.0975. The van der Waals surface area contributed by atoms with Gasteiger partial charge in [0.2, 0.25) is 0 Å². The zero-order chi connectivity index (χ0) is 12.0. The summed E-state index contributed by atoms with van der Waals surface area (Å²) in [6.07, 6.45) is 0. The Bertz CT molecular complexity index is 368. The summed E-state index contributed by atoms with van der Waals surface area (Å²) in [7, 11) is 0. The highest BCUT2D eigenvalue weighted by Crippen LogP contribution is 2.22. The molecule has 1 rings (SSSR count). The Morgan fingerprint density at radius 2 is 2.31 bits per heavy atom. The van der Waals surface area contributed by atoms with Gasteiger partial charge in [-0.3, -0.25) is 0 Å². The third-order valence-corrected chi connectivity index (χ3v) is 2.86. The molecule has 0 aromatic heterocycles. The van der Waals surface area contributed by atoms with Gasteiger partial charge in [0.25, 0.3) is 0 Å². The number of aromatic carboxylic acids is 1. The van der Waals surface area contributed by atoms with E-state index in [9.17, 15) is 9.18 Å². The predicted octanol–water partition coefficient (Wildman–Crippen LogP) is 2.65. The van der Waals surface area contributed by atoms with Crippen LogP contribution in [0.4, 0.5) is 4.39 Å². The van der Waals surface area contributed by atoms with E-state index in [2.05, 4.69) is 0 Å². The highest BCUT2D eigenvalue weighted by Gasteiger charge is 2.08. The summed E-state index contributed by atoms with van der Waals surface area (Å²) in [5.74, 6) is -0.841. The first kappa shape index (κ1) is 13.0. The van der Waals surface area contributed by atoms with Gasteiger partial charge in [-0.2, -0.15) is 0 Å². The maximum absolute atomic E-state index is 13.3. The summed E-state index contributed by atoms with van der Waals surface area (Å²) in [6, 6.07) is 3.77. The normalized spacial score (nSPS) is 10.4. The van der Waals surface area contributed by atoms with Crippen LogP contribution >= 0.6 is 11.8 Å². The number of benzene rings is 1. The van der Waals surface area contributed by atoms with Crippen LogP contribution in [0, 0.1) is 5.82 Å². The fraction of sp³-hybridized carbons (Fsp3) is 0.364. The van der Waals surface area contributed by atoms with Gasteiger partial charge in [-0.25, -0.2) is 9.18 Å². The standard InChI is InChI=1S/C11H13FO3S/c1-2-15-5-6-16-10-7-8(11(13)14)3-4-9(10)12/h3-4,7H,2,5-6H2,1H3,(H,13,14). The number of thioether (sulfide) groups is 1. The molecule has 5 heteroatoms. The van der Waals surface area contributed by atoms with Crippen LogP contribution in [0.15, 0.2) is 23.1 Å². The molecule has 3 nitrogen and oxygen atoms in total. The van der Waals surface area contributed by atoms with Gasteiger partial charge in [0.05, 0.1) is 12.2 Å². The molecule has 1 aromatic carbocycles. The average molecular weight is 244 g/mol. The molecule has 0 amide bonds. The Balaban J connectivity index is 2.63. The van der Waals surface area contributed by atoms with Crippen LogP contribution in [0.25, 0.3) is 0 Å². The quantitative estimate of drug-likeness (QED) is 0.617. The molecule has 1 N–H and O–H groups in total. The lowest BCUT2D eigenvalue weighted by atomic mass is 10.2.